The van der Waals surface area contributed by atoms with Crippen LogP contribution in [0.3, 0.4) is 0 Å². The van der Waals surface area contributed by atoms with E-state index in [2.05, 4.69) is 35.7 Å². The summed E-state index contributed by atoms with van der Waals surface area (Å²) in [6, 6.07) is 0. The Morgan fingerprint density at radius 2 is 1.31 bits per heavy atom. The zero-order valence-electron chi connectivity index (χ0n) is 9.00. The van der Waals surface area contributed by atoms with Crippen LogP contribution in [0.2, 0.25) is 0 Å². The van der Waals surface area contributed by atoms with Crippen LogP contribution in [0.25, 0.3) is 0 Å². The molecule has 0 fully saturated rings. The minimum atomic E-state index is 0.403. The highest BCUT2D eigenvalue weighted by Crippen LogP contribution is 2.19. The number of hydrogen-bond donors (Lipinski definition) is 0. The van der Waals surface area contributed by atoms with Gasteiger partial charge >= 0.3 is 0 Å². The van der Waals surface area contributed by atoms with Crippen molar-refractivity contribution in [2.45, 2.75) is 40.5 Å². The molecule has 1 aromatic heterocycles. The van der Waals surface area contributed by atoms with E-state index in [0.717, 1.165) is 17.5 Å². The number of aromatic nitrogens is 3. The Labute approximate surface area is 79.6 Å². The van der Waals surface area contributed by atoms with Gasteiger partial charge in [0.25, 0.3) is 0 Å². The van der Waals surface area contributed by atoms with Crippen LogP contribution >= 0.6 is 0 Å². The van der Waals surface area contributed by atoms with Gasteiger partial charge in [0.2, 0.25) is 0 Å². The lowest BCUT2D eigenvalue weighted by Crippen LogP contribution is -2.10. The second kappa shape index (κ2) is 3.81. The smallest absolute Gasteiger partial charge is 0.135 e. The van der Waals surface area contributed by atoms with Gasteiger partial charge in [-0.15, -0.1) is 0 Å². The highest BCUT2D eigenvalue weighted by Gasteiger charge is 2.13. The summed E-state index contributed by atoms with van der Waals surface area (Å²) in [7, 11) is 0. The summed E-state index contributed by atoms with van der Waals surface area (Å²) in [5, 5.41) is 0. The molecule has 1 atom stereocenters. The van der Waals surface area contributed by atoms with E-state index in [1.54, 1.807) is 0 Å². The van der Waals surface area contributed by atoms with Gasteiger partial charge in [0.15, 0.2) is 0 Å². The maximum Gasteiger partial charge on any atom is 0.135 e. The zero-order chi connectivity index (χ0) is 10.0. The van der Waals surface area contributed by atoms with Crippen LogP contribution in [0.15, 0.2) is 0 Å². The van der Waals surface area contributed by atoms with Crippen molar-refractivity contribution >= 4 is 0 Å². The molecule has 72 valence electrons. The van der Waals surface area contributed by atoms with Gasteiger partial charge in [-0.3, -0.25) is 0 Å². The van der Waals surface area contributed by atoms with Crippen molar-refractivity contribution in [2.24, 2.45) is 5.92 Å². The normalized spacial score (nSPS) is 13.4. The first-order chi connectivity index (χ1) is 6.00. The van der Waals surface area contributed by atoms with Crippen LogP contribution in [0.1, 0.15) is 44.2 Å². The third-order valence-corrected chi connectivity index (χ3v) is 2.28. The van der Waals surface area contributed by atoms with Crippen molar-refractivity contribution in [1.29, 1.82) is 0 Å². The predicted octanol–water partition coefficient (Wildman–Crippen LogP) is 2.25. The lowest BCUT2D eigenvalue weighted by atomic mass is 9.97. The molecule has 3 nitrogen and oxygen atoms in total. The van der Waals surface area contributed by atoms with E-state index in [1.807, 2.05) is 13.8 Å². The summed E-state index contributed by atoms with van der Waals surface area (Å²) in [5.41, 5.74) is 0. The van der Waals surface area contributed by atoms with Crippen molar-refractivity contribution in [3.63, 3.8) is 0 Å². The van der Waals surface area contributed by atoms with Crippen LogP contribution in [-0.4, -0.2) is 15.0 Å². The first-order valence-corrected chi connectivity index (χ1v) is 4.70. The Morgan fingerprint density at radius 3 is 1.69 bits per heavy atom. The maximum atomic E-state index is 4.33. The molecule has 0 radical (unpaired) electrons. The molecular formula is C10H17N3. The highest BCUT2D eigenvalue weighted by molar-refractivity contribution is 5.00. The lowest BCUT2D eigenvalue weighted by molar-refractivity contribution is 0.504. The lowest BCUT2D eigenvalue weighted by Gasteiger charge is -2.14. The summed E-state index contributed by atoms with van der Waals surface area (Å²) < 4.78 is 0. The van der Waals surface area contributed by atoms with E-state index in [0.29, 0.717) is 11.8 Å². The molecule has 0 spiro atoms. The highest BCUT2D eigenvalue weighted by atomic mass is 15.0. The number of nitrogens with zero attached hydrogens (tertiary/aromatic N) is 3. The minimum absolute atomic E-state index is 0.403. The molecule has 1 aromatic rings. The second-order valence-electron chi connectivity index (χ2n) is 3.82. The summed E-state index contributed by atoms with van der Waals surface area (Å²) in [4.78, 5) is 12.8. The molecule has 0 aliphatic carbocycles. The Morgan fingerprint density at radius 1 is 0.846 bits per heavy atom. The van der Waals surface area contributed by atoms with Crippen LogP contribution in [0.5, 0.6) is 0 Å². The van der Waals surface area contributed by atoms with Gasteiger partial charge in [-0.1, -0.05) is 20.8 Å². The summed E-state index contributed by atoms with van der Waals surface area (Å²) in [6.07, 6.45) is 0. The standard InChI is InChI=1S/C10H17N3/c1-6(2)7(3)10-12-8(4)11-9(5)13-10/h6-7H,1-5H3. The quantitative estimate of drug-likeness (QED) is 0.699. The van der Waals surface area contributed by atoms with Gasteiger partial charge in [0.05, 0.1) is 0 Å². The molecule has 0 N–H and O–H groups in total. The molecule has 1 heterocycles. The van der Waals surface area contributed by atoms with Gasteiger partial charge < -0.3 is 0 Å². The third-order valence-electron chi connectivity index (χ3n) is 2.28. The van der Waals surface area contributed by atoms with Crippen molar-refractivity contribution in [3.05, 3.63) is 17.5 Å². The fourth-order valence-corrected chi connectivity index (χ4v) is 1.14. The Kier molecular flexibility index (Phi) is 2.96. The average molecular weight is 179 g/mol. The minimum Gasteiger partial charge on any atom is -0.219 e. The van der Waals surface area contributed by atoms with Gasteiger partial charge in [-0.05, 0) is 19.8 Å². The predicted molar refractivity (Wildman–Crippen MR) is 52.6 cm³/mol. The maximum absolute atomic E-state index is 4.33. The summed E-state index contributed by atoms with van der Waals surface area (Å²) in [5.74, 6) is 3.52. The van der Waals surface area contributed by atoms with E-state index in [1.165, 1.54) is 0 Å². The number of hydrogen-bond acceptors (Lipinski definition) is 3. The van der Waals surface area contributed by atoms with Crippen LogP contribution in [0.4, 0.5) is 0 Å². The van der Waals surface area contributed by atoms with Crippen LogP contribution in [-0.2, 0) is 0 Å². The average Bonchev–Trinajstić information content (AvgIpc) is 2.01. The molecule has 0 saturated carbocycles. The topological polar surface area (TPSA) is 38.7 Å². The molecule has 0 aliphatic heterocycles. The Bertz CT molecular complexity index is 274. The van der Waals surface area contributed by atoms with Gasteiger partial charge in [-0.2, -0.15) is 0 Å². The van der Waals surface area contributed by atoms with Crippen molar-refractivity contribution in [1.82, 2.24) is 15.0 Å². The molecule has 0 amide bonds. The Balaban J connectivity index is 3.01. The Hall–Kier alpha value is -0.990. The third kappa shape index (κ3) is 2.47. The second-order valence-corrected chi connectivity index (χ2v) is 3.82. The van der Waals surface area contributed by atoms with E-state index in [4.69, 9.17) is 0 Å². The van der Waals surface area contributed by atoms with Crippen molar-refractivity contribution in [3.8, 4) is 0 Å². The van der Waals surface area contributed by atoms with E-state index in [9.17, 15) is 0 Å². The SMILES string of the molecule is Cc1nc(C)nc(C(C)C(C)C)n1. The number of aryl methyl sites for hydroxylation is 2. The molecule has 3 heteroatoms. The molecule has 1 unspecified atom stereocenters. The van der Waals surface area contributed by atoms with Crippen molar-refractivity contribution in [2.75, 3.05) is 0 Å². The first-order valence-electron chi connectivity index (χ1n) is 4.70. The molecule has 1 rings (SSSR count). The van der Waals surface area contributed by atoms with Gasteiger partial charge in [0, 0.05) is 5.92 Å². The van der Waals surface area contributed by atoms with Crippen LogP contribution < -0.4 is 0 Å². The summed E-state index contributed by atoms with van der Waals surface area (Å²) >= 11 is 0. The van der Waals surface area contributed by atoms with Crippen molar-refractivity contribution < 1.29 is 0 Å². The molecule has 0 aliphatic rings. The van der Waals surface area contributed by atoms with E-state index in [-0.39, 0.29) is 0 Å². The summed E-state index contributed by atoms with van der Waals surface area (Å²) in [6.45, 7) is 10.3. The molecular weight excluding hydrogens is 162 g/mol. The van der Waals surface area contributed by atoms with Crippen LogP contribution in [0, 0.1) is 19.8 Å². The van der Waals surface area contributed by atoms with Gasteiger partial charge in [-0.25, -0.2) is 15.0 Å². The van der Waals surface area contributed by atoms with E-state index >= 15 is 0 Å². The molecule has 13 heavy (non-hydrogen) atoms. The first kappa shape index (κ1) is 10.1. The monoisotopic (exact) mass is 179 g/mol. The zero-order valence-corrected chi connectivity index (χ0v) is 9.00. The van der Waals surface area contributed by atoms with Gasteiger partial charge in [0.1, 0.15) is 17.5 Å². The molecule has 0 bridgehead atoms. The van der Waals surface area contributed by atoms with E-state index < -0.39 is 0 Å². The number of rotatable bonds is 2. The fourth-order valence-electron chi connectivity index (χ4n) is 1.14. The molecule has 0 saturated heterocycles. The molecule has 0 aromatic carbocycles. The largest absolute Gasteiger partial charge is 0.219 e. The fraction of sp³-hybridized carbons (Fsp3) is 0.700.